The summed E-state index contributed by atoms with van der Waals surface area (Å²) in [5.41, 5.74) is 0.560. The second-order valence-electron chi connectivity index (χ2n) is 5.85. The standard InChI is InChI=1S/C16H23NO2/c1-16(2,19)14-9-7-8-13(12-14)15(18)17-10-5-3-4-6-11-17/h7-9,12,19H,3-6,10-11H2,1-2H3. The Morgan fingerprint density at radius 2 is 1.79 bits per heavy atom. The van der Waals surface area contributed by atoms with Gasteiger partial charge in [0.25, 0.3) is 5.91 Å². The number of amides is 1. The first-order valence-electron chi connectivity index (χ1n) is 7.11. The molecule has 2 rings (SSSR count). The lowest BCUT2D eigenvalue weighted by molar-refractivity contribution is 0.0751. The van der Waals surface area contributed by atoms with Crippen LogP contribution in [0.5, 0.6) is 0 Å². The average molecular weight is 261 g/mol. The first kappa shape index (κ1) is 14.1. The number of rotatable bonds is 2. The quantitative estimate of drug-likeness (QED) is 0.889. The van der Waals surface area contributed by atoms with Crippen molar-refractivity contribution in [1.82, 2.24) is 4.90 Å². The summed E-state index contributed by atoms with van der Waals surface area (Å²) in [6.07, 6.45) is 4.62. The van der Waals surface area contributed by atoms with Crippen LogP contribution in [0.15, 0.2) is 24.3 Å². The number of nitrogens with zero attached hydrogens (tertiary/aromatic N) is 1. The lowest BCUT2D eigenvalue weighted by Gasteiger charge is -2.22. The average Bonchev–Trinajstić information content (AvgIpc) is 2.66. The van der Waals surface area contributed by atoms with Crippen molar-refractivity contribution in [1.29, 1.82) is 0 Å². The van der Waals surface area contributed by atoms with Crippen molar-refractivity contribution in [3.63, 3.8) is 0 Å². The highest BCUT2D eigenvalue weighted by atomic mass is 16.3. The maximum Gasteiger partial charge on any atom is 0.253 e. The molecule has 104 valence electrons. The Morgan fingerprint density at radius 1 is 1.16 bits per heavy atom. The summed E-state index contributed by atoms with van der Waals surface area (Å²) >= 11 is 0. The molecular formula is C16H23NO2. The summed E-state index contributed by atoms with van der Waals surface area (Å²) < 4.78 is 0. The van der Waals surface area contributed by atoms with Crippen molar-refractivity contribution in [2.75, 3.05) is 13.1 Å². The second kappa shape index (κ2) is 5.74. The minimum absolute atomic E-state index is 0.0907. The Morgan fingerprint density at radius 3 is 2.37 bits per heavy atom. The molecule has 0 atom stereocenters. The van der Waals surface area contributed by atoms with Gasteiger partial charge in [-0.3, -0.25) is 4.79 Å². The zero-order valence-electron chi connectivity index (χ0n) is 11.9. The molecule has 1 saturated heterocycles. The molecule has 1 aliphatic heterocycles. The van der Waals surface area contributed by atoms with Crippen LogP contribution in [-0.4, -0.2) is 29.0 Å². The molecule has 1 aromatic carbocycles. The van der Waals surface area contributed by atoms with Crippen LogP contribution in [-0.2, 0) is 5.60 Å². The summed E-state index contributed by atoms with van der Waals surface area (Å²) in [7, 11) is 0. The van der Waals surface area contributed by atoms with Gasteiger partial charge in [0.1, 0.15) is 0 Å². The third-order valence-corrected chi connectivity index (χ3v) is 3.71. The van der Waals surface area contributed by atoms with Crippen molar-refractivity contribution >= 4 is 5.91 Å². The molecule has 3 nitrogen and oxygen atoms in total. The number of carbonyl (C=O) groups is 1. The predicted molar refractivity (Wildman–Crippen MR) is 76.1 cm³/mol. The largest absolute Gasteiger partial charge is 0.386 e. The number of hydrogen-bond donors (Lipinski definition) is 1. The van der Waals surface area contributed by atoms with Crippen LogP contribution in [0.4, 0.5) is 0 Å². The van der Waals surface area contributed by atoms with Crippen molar-refractivity contribution in [2.24, 2.45) is 0 Å². The molecule has 0 spiro atoms. The van der Waals surface area contributed by atoms with Gasteiger partial charge < -0.3 is 10.0 Å². The Bertz CT molecular complexity index is 440. The molecule has 1 amide bonds. The van der Waals surface area contributed by atoms with Gasteiger partial charge in [-0.2, -0.15) is 0 Å². The van der Waals surface area contributed by atoms with Gasteiger partial charge in [0.2, 0.25) is 0 Å². The molecule has 1 fully saturated rings. The van der Waals surface area contributed by atoms with E-state index in [1.807, 2.05) is 29.2 Å². The van der Waals surface area contributed by atoms with Gasteiger partial charge in [-0.05, 0) is 44.4 Å². The highest BCUT2D eigenvalue weighted by molar-refractivity contribution is 5.94. The van der Waals surface area contributed by atoms with E-state index in [-0.39, 0.29) is 5.91 Å². The van der Waals surface area contributed by atoms with Crippen LogP contribution in [0.25, 0.3) is 0 Å². The van der Waals surface area contributed by atoms with Crippen LogP contribution in [0.2, 0.25) is 0 Å². The van der Waals surface area contributed by atoms with Gasteiger partial charge in [-0.15, -0.1) is 0 Å². The summed E-state index contributed by atoms with van der Waals surface area (Å²) in [6.45, 7) is 5.18. The Labute approximate surface area is 115 Å². The number of hydrogen-bond acceptors (Lipinski definition) is 2. The summed E-state index contributed by atoms with van der Waals surface area (Å²) in [5, 5.41) is 10.0. The number of likely N-dealkylation sites (tertiary alicyclic amines) is 1. The molecule has 0 bridgehead atoms. The van der Waals surface area contributed by atoms with Crippen LogP contribution in [0.1, 0.15) is 55.5 Å². The third-order valence-electron chi connectivity index (χ3n) is 3.71. The molecule has 0 radical (unpaired) electrons. The summed E-state index contributed by atoms with van der Waals surface area (Å²) in [5.74, 6) is 0.0907. The molecule has 19 heavy (non-hydrogen) atoms. The van der Waals surface area contributed by atoms with E-state index in [0.29, 0.717) is 5.56 Å². The zero-order chi connectivity index (χ0) is 13.9. The van der Waals surface area contributed by atoms with Crippen LogP contribution in [0, 0.1) is 0 Å². The van der Waals surface area contributed by atoms with E-state index in [0.717, 1.165) is 31.5 Å². The molecule has 3 heteroatoms. The maximum atomic E-state index is 12.5. The second-order valence-corrected chi connectivity index (χ2v) is 5.85. The number of benzene rings is 1. The van der Waals surface area contributed by atoms with E-state index < -0.39 is 5.60 Å². The van der Waals surface area contributed by atoms with Crippen LogP contribution in [0.3, 0.4) is 0 Å². The van der Waals surface area contributed by atoms with Crippen molar-refractivity contribution in [3.8, 4) is 0 Å². The normalized spacial score (nSPS) is 17.1. The molecule has 1 N–H and O–H groups in total. The number of aliphatic hydroxyl groups is 1. The van der Waals surface area contributed by atoms with E-state index in [1.165, 1.54) is 12.8 Å². The third kappa shape index (κ3) is 3.57. The zero-order valence-corrected chi connectivity index (χ0v) is 11.9. The fourth-order valence-corrected chi connectivity index (χ4v) is 2.49. The van der Waals surface area contributed by atoms with Gasteiger partial charge in [0.15, 0.2) is 0 Å². The van der Waals surface area contributed by atoms with Crippen molar-refractivity contribution in [3.05, 3.63) is 35.4 Å². The highest BCUT2D eigenvalue weighted by Gasteiger charge is 2.20. The smallest absolute Gasteiger partial charge is 0.253 e. The first-order chi connectivity index (χ1) is 8.98. The number of carbonyl (C=O) groups excluding carboxylic acids is 1. The molecule has 0 saturated carbocycles. The van der Waals surface area contributed by atoms with E-state index in [1.54, 1.807) is 13.8 Å². The van der Waals surface area contributed by atoms with E-state index in [2.05, 4.69) is 0 Å². The Kier molecular flexibility index (Phi) is 4.25. The molecule has 1 heterocycles. The topological polar surface area (TPSA) is 40.5 Å². The molecule has 0 aliphatic carbocycles. The van der Waals surface area contributed by atoms with Gasteiger partial charge in [-0.1, -0.05) is 25.0 Å². The summed E-state index contributed by atoms with van der Waals surface area (Å²) in [4.78, 5) is 14.4. The Hall–Kier alpha value is -1.35. The molecule has 1 aliphatic rings. The Balaban J connectivity index is 2.18. The van der Waals surface area contributed by atoms with Crippen molar-refractivity contribution in [2.45, 2.75) is 45.1 Å². The first-order valence-corrected chi connectivity index (χ1v) is 7.11. The molecule has 0 unspecified atom stereocenters. The van der Waals surface area contributed by atoms with Gasteiger partial charge in [0, 0.05) is 18.7 Å². The van der Waals surface area contributed by atoms with E-state index in [4.69, 9.17) is 0 Å². The monoisotopic (exact) mass is 261 g/mol. The maximum absolute atomic E-state index is 12.5. The molecular weight excluding hydrogens is 238 g/mol. The SMILES string of the molecule is CC(C)(O)c1cccc(C(=O)N2CCCCCC2)c1. The lowest BCUT2D eigenvalue weighted by Crippen LogP contribution is -2.32. The minimum atomic E-state index is -0.908. The van der Waals surface area contributed by atoms with E-state index in [9.17, 15) is 9.90 Å². The van der Waals surface area contributed by atoms with Gasteiger partial charge in [0.05, 0.1) is 5.60 Å². The van der Waals surface area contributed by atoms with Crippen LogP contribution >= 0.6 is 0 Å². The fraction of sp³-hybridized carbons (Fsp3) is 0.562. The van der Waals surface area contributed by atoms with Gasteiger partial charge in [-0.25, -0.2) is 0 Å². The summed E-state index contributed by atoms with van der Waals surface area (Å²) in [6, 6.07) is 7.35. The van der Waals surface area contributed by atoms with E-state index >= 15 is 0 Å². The minimum Gasteiger partial charge on any atom is -0.386 e. The van der Waals surface area contributed by atoms with Gasteiger partial charge >= 0.3 is 0 Å². The fourth-order valence-electron chi connectivity index (χ4n) is 2.49. The highest BCUT2D eigenvalue weighted by Crippen LogP contribution is 2.21. The van der Waals surface area contributed by atoms with Crippen LogP contribution < -0.4 is 0 Å². The lowest BCUT2D eigenvalue weighted by atomic mass is 9.96. The van der Waals surface area contributed by atoms with Crippen molar-refractivity contribution < 1.29 is 9.90 Å². The molecule has 1 aromatic rings. The molecule has 0 aromatic heterocycles. The predicted octanol–water partition coefficient (Wildman–Crippen LogP) is 2.93.